The van der Waals surface area contributed by atoms with Crippen LogP contribution in [0.1, 0.15) is 22.3 Å². The van der Waals surface area contributed by atoms with Crippen molar-refractivity contribution in [2.24, 2.45) is 4.99 Å². The summed E-state index contributed by atoms with van der Waals surface area (Å²) in [5.41, 5.74) is 3.60. The third kappa shape index (κ3) is 5.51. The number of carbonyl (C=O) groups excluding carboxylic acids is 1. The van der Waals surface area contributed by atoms with Crippen molar-refractivity contribution in [3.05, 3.63) is 96.2 Å². The molecule has 3 aromatic carbocycles. The molecule has 4 rings (SSSR count). The first-order valence-corrected chi connectivity index (χ1v) is 11.7. The summed E-state index contributed by atoms with van der Waals surface area (Å²) in [4.78, 5) is 16.7. The molecule has 0 aromatic heterocycles. The van der Waals surface area contributed by atoms with Crippen molar-refractivity contribution in [2.45, 2.75) is 13.5 Å². The average Bonchev–Trinajstić information content (AvgIpc) is 3.12. The number of benzene rings is 3. The second-order valence-corrected chi connectivity index (χ2v) is 9.28. The summed E-state index contributed by atoms with van der Waals surface area (Å²) in [5, 5.41) is 0.831. The highest BCUT2D eigenvalue weighted by atomic mass is 127. The molecule has 0 saturated heterocycles. The van der Waals surface area contributed by atoms with Crippen molar-refractivity contribution in [3.8, 4) is 11.5 Å². The Hall–Kier alpha value is -2.55. The Morgan fingerprint density at radius 3 is 2.67 bits per heavy atom. The molecule has 0 bridgehead atoms. The molecule has 0 amide bonds. The van der Waals surface area contributed by atoms with Gasteiger partial charge in [-0.3, -0.25) is 0 Å². The number of methoxy groups -OCH3 is 1. The molecule has 0 spiro atoms. The van der Waals surface area contributed by atoms with Crippen LogP contribution >= 0.6 is 45.8 Å². The Morgan fingerprint density at radius 2 is 1.94 bits per heavy atom. The van der Waals surface area contributed by atoms with E-state index in [9.17, 15) is 4.79 Å². The van der Waals surface area contributed by atoms with Gasteiger partial charge in [-0.05, 0) is 77.0 Å². The van der Waals surface area contributed by atoms with Crippen molar-refractivity contribution >= 4 is 63.7 Å². The summed E-state index contributed by atoms with van der Waals surface area (Å²) in [5.74, 6) is 0.753. The Balaban J connectivity index is 1.60. The Bertz CT molecular complexity index is 1300. The first kappa shape index (κ1) is 23.6. The molecular formula is C25H18Cl2INO4. The van der Waals surface area contributed by atoms with Crippen molar-refractivity contribution in [1.29, 1.82) is 0 Å². The highest BCUT2D eigenvalue weighted by molar-refractivity contribution is 14.1. The third-order valence-corrected chi connectivity index (χ3v) is 6.15. The van der Waals surface area contributed by atoms with E-state index in [1.54, 1.807) is 37.5 Å². The van der Waals surface area contributed by atoms with Gasteiger partial charge in [-0.2, -0.15) is 0 Å². The number of aliphatic imine (C=N–C) groups is 1. The lowest BCUT2D eigenvalue weighted by atomic mass is 10.1. The molecule has 0 atom stereocenters. The number of nitrogens with zero attached hydrogens (tertiary/aromatic N) is 1. The average molecular weight is 594 g/mol. The first-order chi connectivity index (χ1) is 15.8. The van der Waals surface area contributed by atoms with Gasteiger partial charge in [0.15, 0.2) is 17.2 Å². The summed E-state index contributed by atoms with van der Waals surface area (Å²) in [6, 6.07) is 16.7. The molecule has 3 aromatic rings. The number of carbonyl (C=O) groups is 1. The van der Waals surface area contributed by atoms with E-state index in [1.165, 1.54) is 5.56 Å². The molecule has 33 heavy (non-hydrogen) atoms. The van der Waals surface area contributed by atoms with Crippen LogP contribution in [0.4, 0.5) is 0 Å². The molecule has 5 nitrogen and oxygen atoms in total. The van der Waals surface area contributed by atoms with E-state index in [4.69, 9.17) is 37.4 Å². The summed E-state index contributed by atoms with van der Waals surface area (Å²) in [7, 11) is 1.57. The van der Waals surface area contributed by atoms with Gasteiger partial charge < -0.3 is 14.2 Å². The number of cyclic esters (lactones) is 1. The fourth-order valence-corrected chi connectivity index (χ4v) is 4.54. The molecule has 1 aliphatic heterocycles. The van der Waals surface area contributed by atoms with E-state index < -0.39 is 5.97 Å². The lowest BCUT2D eigenvalue weighted by molar-refractivity contribution is -0.129. The molecule has 0 radical (unpaired) electrons. The molecule has 0 aliphatic carbocycles. The fraction of sp³-hybridized carbons (Fsp3) is 0.120. The van der Waals surface area contributed by atoms with Crippen LogP contribution in [0, 0.1) is 10.5 Å². The molecule has 0 fully saturated rings. The van der Waals surface area contributed by atoms with E-state index in [-0.39, 0.29) is 11.6 Å². The van der Waals surface area contributed by atoms with Crippen molar-refractivity contribution in [3.63, 3.8) is 0 Å². The van der Waals surface area contributed by atoms with Crippen molar-refractivity contribution in [1.82, 2.24) is 0 Å². The van der Waals surface area contributed by atoms with Gasteiger partial charge in [-0.25, -0.2) is 9.79 Å². The second kappa shape index (κ2) is 10.2. The summed E-state index contributed by atoms with van der Waals surface area (Å²) in [6.07, 6.45) is 1.63. The maximum atomic E-state index is 12.4. The largest absolute Gasteiger partial charge is 0.493 e. The Morgan fingerprint density at radius 1 is 1.12 bits per heavy atom. The van der Waals surface area contributed by atoms with E-state index in [2.05, 4.69) is 33.6 Å². The standard InChI is InChI=1S/C25H18Cl2INO4/c1-14-4-3-5-15(8-14)13-32-23-20(28)9-16(11-22(23)31-2)10-21-25(30)33-24(29-21)18-7-6-17(26)12-19(18)27/h3-12H,13H2,1-2H3/b21-10-. The lowest BCUT2D eigenvalue weighted by Crippen LogP contribution is -2.06. The van der Waals surface area contributed by atoms with Gasteiger partial charge in [0.25, 0.3) is 0 Å². The van der Waals surface area contributed by atoms with Crippen molar-refractivity contribution < 1.29 is 19.0 Å². The van der Waals surface area contributed by atoms with E-state index in [1.807, 2.05) is 31.2 Å². The molecule has 1 aliphatic rings. The predicted octanol–water partition coefficient (Wildman–Crippen LogP) is 6.84. The minimum absolute atomic E-state index is 0.132. The minimum Gasteiger partial charge on any atom is -0.493 e. The van der Waals surface area contributed by atoms with Crippen LogP contribution in [0.25, 0.3) is 6.08 Å². The summed E-state index contributed by atoms with van der Waals surface area (Å²) < 4.78 is 17.7. The highest BCUT2D eigenvalue weighted by Crippen LogP contribution is 2.36. The predicted molar refractivity (Wildman–Crippen MR) is 138 cm³/mol. The highest BCUT2D eigenvalue weighted by Gasteiger charge is 2.26. The fourth-order valence-electron chi connectivity index (χ4n) is 3.27. The monoisotopic (exact) mass is 593 g/mol. The van der Waals surface area contributed by atoms with Crippen LogP contribution < -0.4 is 9.47 Å². The van der Waals surface area contributed by atoms with Gasteiger partial charge in [-0.15, -0.1) is 0 Å². The number of hydrogen-bond acceptors (Lipinski definition) is 5. The number of aryl methyl sites for hydroxylation is 1. The smallest absolute Gasteiger partial charge is 0.363 e. The lowest BCUT2D eigenvalue weighted by Gasteiger charge is -2.14. The SMILES string of the molecule is COc1cc(/C=C2\N=C(c3ccc(Cl)cc3Cl)OC2=O)cc(I)c1OCc1cccc(C)c1. The number of halogens is 3. The molecule has 0 N–H and O–H groups in total. The van der Waals surface area contributed by atoms with Crippen LogP contribution in [-0.4, -0.2) is 19.0 Å². The zero-order valence-corrected chi connectivity index (χ0v) is 21.4. The number of rotatable bonds is 6. The number of esters is 1. The van der Waals surface area contributed by atoms with Gasteiger partial charge in [0.05, 0.1) is 21.3 Å². The molecule has 0 unspecified atom stereocenters. The van der Waals surface area contributed by atoms with E-state index in [0.29, 0.717) is 33.7 Å². The van der Waals surface area contributed by atoms with Crippen molar-refractivity contribution in [2.75, 3.05) is 7.11 Å². The zero-order valence-electron chi connectivity index (χ0n) is 17.7. The Kier molecular flexibility index (Phi) is 7.26. The summed E-state index contributed by atoms with van der Waals surface area (Å²) in [6.45, 7) is 2.45. The van der Waals surface area contributed by atoms with Gasteiger partial charge in [0.1, 0.15) is 6.61 Å². The topological polar surface area (TPSA) is 57.1 Å². The maximum absolute atomic E-state index is 12.4. The zero-order chi connectivity index (χ0) is 23.5. The van der Waals surface area contributed by atoms with Crippen LogP contribution in [0.2, 0.25) is 10.0 Å². The minimum atomic E-state index is -0.565. The molecule has 168 valence electrons. The normalized spacial score (nSPS) is 14.3. The van der Waals surface area contributed by atoms with Gasteiger partial charge in [0.2, 0.25) is 5.90 Å². The van der Waals surface area contributed by atoms with Gasteiger partial charge in [0, 0.05) is 5.02 Å². The van der Waals surface area contributed by atoms with Crippen LogP contribution in [0.15, 0.2) is 65.3 Å². The van der Waals surface area contributed by atoms with Crippen LogP contribution in [0.3, 0.4) is 0 Å². The summed E-state index contributed by atoms with van der Waals surface area (Å²) >= 11 is 14.3. The number of ether oxygens (including phenoxy) is 3. The maximum Gasteiger partial charge on any atom is 0.363 e. The molecular weight excluding hydrogens is 576 g/mol. The first-order valence-electron chi connectivity index (χ1n) is 9.88. The third-order valence-electron chi connectivity index (χ3n) is 4.80. The quantitative estimate of drug-likeness (QED) is 0.178. The van der Waals surface area contributed by atoms with Gasteiger partial charge >= 0.3 is 5.97 Å². The van der Waals surface area contributed by atoms with E-state index in [0.717, 1.165) is 14.7 Å². The van der Waals surface area contributed by atoms with E-state index >= 15 is 0 Å². The van der Waals surface area contributed by atoms with Gasteiger partial charge in [-0.1, -0.05) is 53.0 Å². The van der Waals surface area contributed by atoms with Crippen LogP contribution in [0.5, 0.6) is 11.5 Å². The second-order valence-electron chi connectivity index (χ2n) is 7.27. The molecule has 8 heteroatoms. The van der Waals surface area contributed by atoms with Crippen LogP contribution in [-0.2, 0) is 16.1 Å². The number of hydrogen-bond donors (Lipinski definition) is 0. The molecule has 1 heterocycles. The Labute approximate surface area is 215 Å². The molecule has 0 saturated carbocycles.